The maximum absolute atomic E-state index is 5.88. The third kappa shape index (κ3) is 3.50. The van der Waals surface area contributed by atoms with E-state index in [1.807, 2.05) is 0 Å². The lowest BCUT2D eigenvalue weighted by Gasteiger charge is -2.40. The van der Waals surface area contributed by atoms with Crippen LogP contribution in [0.1, 0.15) is 0 Å². The van der Waals surface area contributed by atoms with Crippen molar-refractivity contribution in [1.29, 1.82) is 0 Å². The predicted molar refractivity (Wildman–Crippen MR) is 230 cm³/mol. The number of aromatic nitrogens is 8. The zero-order valence-electron chi connectivity index (χ0n) is 30.2. The average molecular weight is 745 g/mol. The van der Waals surface area contributed by atoms with E-state index in [2.05, 4.69) is 187 Å². The van der Waals surface area contributed by atoms with Gasteiger partial charge < -0.3 is 0 Å². The van der Waals surface area contributed by atoms with Crippen molar-refractivity contribution in [2.24, 2.45) is 0 Å². The Bertz CT molecular complexity index is 3420. The minimum Gasteiger partial charge on any atom is -0.295 e. The molecule has 9 heteroatoms. The van der Waals surface area contributed by atoms with E-state index in [4.69, 9.17) is 20.2 Å². The number of nitrogens with zero attached hydrogens (tertiary/aromatic N) is 8. The molecule has 4 aromatic heterocycles. The summed E-state index contributed by atoms with van der Waals surface area (Å²) in [5.41, 5.74) is 12.3. The largest absolute Gasteiger partial charge is 0.557 e. The van der Waals surface area contributed by atoms with Gasteiger partial charge in [-0.05, 0) is 35.0 Å². The third-order valence-corrected chi connectivity index (χ3v) is 16.1. The SMILES string of the molecule is c1ccc(-c2nn3c4c2ccc2ccc5nc(-c6ccccc6)n(c5c24)[Si]32n3nc(-c4ccccc4)c4ccc5ccc6nc(-c7ccccc7)n2c6c5c43)cc1. The van der Waals surface area contributed by atoms with Crippen LogP contribution in [0.4, 0.5) is 0 Å². The average Bonchev–Trinajstić information content (AvgIpc) is 4.08. The van der Waals surface area contributed by atoms with Crippen molar-refractivity contribution in [3.05, 3.63) is 170 Å². The first-order chi connectivity index (χ1) is 28.3. The van der Waals surface area contributed by atoms with Gasteiger partial charge in [-0.2, -0.15) is 10.2 Å². The first kappa shape index (κ1) is 29.7. The highest BCUT2D eigenvalue weighted by Crippen LogP contribution is 2.50. The lowest BCUT2D eigenvalue weighted by atomic mass is 10.0. The smallest absolute Gasteiger partial charge is 0.295 e. The highest BCUT2D eigenvalue weighted by atomic mass is 28.4. The summed E-state index contributed by atoms with van der Waals surface area (Å²) in [5, 5.41) is 18.5. The topological polar surface area (TPSA) is 71.3 Å². The maximum atomic E-state index is 5.88. The molecule has 8 aromatic carbocycles. The molecule has 12 aromatic rings. The lowest BCUT2D eigenvalue weighted by Crippen LogP contribution is -2.67. The molecule has 1 spiro atoms. The Morgan fingerprint density at radius 1 is 0.351 bits per heavy atom. The third-order valence-electron chi connectivity index (χ3n) is 12.2. The van der Waals surface area contributed by atoms with Gasteiger partial charge in [0, 0.05) is 43.8 Å². The standard InChI is InChI=1S/C48H28N8Si/c1-5-13-31(14-6-1)41-35-25-21-29-23-27-37-45-39(29)43(35)55(51-41)57(53(45)47(49-37)33-17-9-3-10-18-33)54-46-38(50-48(54)34-19-11-4-12-20-34)28-24-30-22-26-36-42(32-15-7-2-8-16-32)52-56(57)44(36)40(30)46/h1-28H. The fraction of sp³-hybridized carbons (Fsp3) is 0. The van der Waals surface area contributed by atoms with Gasteiger partial charge in [-0.25, -0.2) is 18.7 Å². The van der Waals surface area contributed by atoms with E-state index >= 15 is 0 Å². The molecule has 0 amide bonds. The molecule has 14 rings (SSSR count). The van der Waals surface area contributed by atoms with Crippen molar-refractivity contribution < 1.29 is 0 Å². The van der Waals surface area contributed by atoms with Gasteiger partial charge in [0.1, 0.15) is 11.6 Å². The molecule has 0 N–H and O–H groups in total. The van der Waals surface area contributed by atoms with Crippen LogP contribution in [0.3, 0.4) is 0 Å². The van der Waals surface area contributed by atoms with Gasteiger partial charge in [-0.1, -0.05) is 146 Å². The van der Waals surface area contributed by atoms with Crippen LogP contribution < -0.4 is 0 Å². The van der Waals surface area contributed by atoms with E-state index in [0.29, 0.717) is 0 Å². The minimum absolute atomic E-state index is 0.876. The summed E-state index contributed by atoms with van der Waals surface area (Å²) < 4.78 is 9.88. The Balaban J connectivity index is 1.30. The second-order valence-electron chi connectivity index (χ2n) is 15.1. The molecule has 0 radical (unpaired) electrons. The summed E-state index contributed by atoms with van der Waals surface area (Å²) in [4.78, 5) is 11.2. The van der Waals surface area contributed by atoms with Gasteiger partial charge in [0.15, 0.2) is 0 Å². The summed E-state index contributed by atoms with van der Waals surface area (Å²) in [5.74, 6) is 1.75. The maximum Gasteiger partial charge on any atom is 0.557 e. The molecule has 0 saturated heterocycles. The summed E-state index contributed by atoms with van der Waals surface area (Å²) in [6.45, 7) is 0. The fourth-order valence-corrected chi connectivity index (χ4v) is 14.6. The first-order valence-corrected chi connectivity index (χ1v) is 21.1. The van der Waals surface area contributed by atoms with E-state index in [1.54, 1.807) is 0 Å². The zero-order chi connectivity index (χ0) is 37.0. The highest BCUT2D eigenvalue weighted by Gasteiger charge is 2.59. The molecular weight excluding hydrogens is 717 g/mol. The molecule has 0 atom stereocenters. The highest BCUT2D eigenvalue weighted by molar-refractivity contribution is 6.79. The van der Waals surface area contributed by atoms with Crippen LogP contribution in [-0.4, -0.2) is 46.0 Å². The van der Waals surface area contributed by atoms with Gasteiger partial charge in [0.05, 0.1) is 44.5 Å². The van der Waals surface area contributed by atoms with Gasteiger partial charge in [-0.15, -0.1) is 0 Å². The molecule has 6 heterocycles. The number of imidazole rings is 2. The van der Waals surface area contributed by atoms with Gasteiger partial charge in [0.25, 0.3) is 0 Å². The van der Waals surface area contributed by atoms with Crippen LogP contribution in [0.15, 0.2) is 170 Å². The lowest BCUT2D eigenvalue weighted by molar-refractivity contribution is 0.753. The Kier molecular flexibility index (Phi) is 5.40. The number of hydrogen-bond donors (Lipinski definition) is 0. The summed E-state index contributed by atoms with van der Waals surface area (Å²) in [6.07, 6.45) is 0. The molecule has 0 fully saturated rings. The molecule has 2 aliphatic rings. The molecule has 0 saturated carbocycles. The summed E-state index contributed by atoms with van der Waals surface area (Å²) in [6, 6.07) is 60.2. The van der Waals surface area contributed by atoms with Crippen molar-refractivity contribution in [1.82, 2.24) is 37.3 Å². The second kappa shape index (κ2) is 10.4. The van der Waals surface area contributed by atoms with Gasteiger partial charge in [0.2, 0.25) is 0 Å². The Morgan fingerprint density at radius 3 is 1.12 bits per heavy atom. The minimum atomic E-state index is -3.88. The van der Waals surface area contributed by atoms with E-state index in [9.17, 15) is 0 Å². The fourth-order valence-electron chi connectivity index (χ4n) is 9.91. The number of hydrogen-bond acceptors (Lipinski definition) is 4. The van der Waals surface area contributed by atoms with Crippen molar-refractivity contribution in [3.63, 3.8) is 0 Å². The Labute approximate surface area is 325 Å². The quantitative estimate of drug-likeness (QED) is 0.168. The number of benzene rings is 8. The monoisotopic (exact) mass is 744 g/mol. The number of rotatable bonds is 4. The van der Waals surface area contributed by atoms with Gasteiger partial charge >= 0.3 is 8.72 Å². The molecule has 57 heavy (non-hydrogen) atoms. The van der Waals surface area contributed by atoms with E-state index in [-0.39, 0.29) is 0 Å². The molecule has 8 nitrogen and oxygen atoms in total. The Hall–Kier alpha value is -7.62. The first-order valence-electron chi connectivity index (χ1n) is 19.3. The van der Waals surface area contributed by atoms with Gasteiger partial charge in [-0.3, -0.25) is 8.47 Å². The van der Waals surface area contributed by atoms with Crippen molar-refractivity contribution >= 4 is 74.1 Å². The molecule has 2 aliphatic heterocycles. The zero-order valence-corrected chi connectivity index (χ0v) is 31.2. The molecule has 0 bridgehead atoms. The van der Waals surface area contributed by atoms with E-state index in [0.717, 1.165) is 111 Å². The van der Waals surface area contributed by atoms with Crippen LogP contribution in [0, 0.1) is 0 Å². The van der Waals surface area contributed by atoms with Crippen LogP contribution >= 0.6 is 0 Å². The van der Waals surface area contributed by atoms with Crippen LogP contribution in [0.2, 0.25) is 0 Å². The van der Waals surface area contributed by atoms with Crippen LogP contribution in [0.25, 0.3) is 111 Å². The molecular formula is C48H28N8Si. The molecule has 0 unspecified atom stereocenters. The van der Waals surface area contributed by atoms with Crippen LogP contribution in [-0.2, 0) is 0 Å². The van der Waals surface area contributed by atoms with Crippen molar-refractivity contribution in [2.75, 3.05) is 0 Å². The predicted octanol–water partition coefficient (Wildman–Crippen LogP) is 10.6. The number of fused-ring (bicyclic) bond motifs is 4. The normalized spacial score (nSPS) is 13.8. The Morgan fingerprint density at radius 2 is 0.719 bits per heavy atom. The molecule has 0 aliphatic carbocycles. The molecule has 264 valence electrons. The van der Waals surface area contributed by atoms with Crippen molar-refractivity contribution in [3.8, 4) is 45.3 Å². The summed E-state index contributed by atoms with van der Waals surface area (Å²) >= 11 is 0. The summed E-state index contributed by atoms with van der Waals surface area (Å²) in [7, 11) is -3.88. The van der Waals surface area contributed by atoms with E-state index in [1.165, 1.54) is 0 Å². The van der Waals surface area contributed by atoms with Crippen molar-refractivity contribution in [2.45, 2.75) is 0 Å². The van der Waals surface area contributed by atoms with Crippen LogP contribution in [0.5, 0.6) is 0 Å². The second-order valence-corrected chi connectivity index (χ2v) is 18.1. The van der Waals surface area contributed by atoms with E-state index < -0.39 is 8.72 Å².